The van der Waals surface area contributed by atoms with Gasteiger partial charge in [-0.05, 0) is 23.3 Å². The van der Waals surface area contributed by atoms with Crippen LogP contribution in [0.1, 0.15) is 17.7 Å². The number of carbonyl (C=O) groups excluding carboxylic acids is 1. The van der Waals surface area contributed by atoms with Crippen LogP contribution in [0.4, 0.5) is 0 Å². The molecule has 0 aliphatic heterocycles. The Morgan fingerprint density at radius 1 is 1.17 bits per heavy atom. The number of fused-ring (bicyclic) bond motifs is 1. The van der Waals surface area contributed by atoms with E-state index in [1.807, 2.05) is 6.07 Å². The Bertz CT molecular complexity index is 834. The molecule has 0 radical (unpaired) electrons. The molecule has 3 rings (SSSR count). The van der Waals surface area contributed by atoms with Gasteiger partial charge in [0.15, 0.2) is 8.68 Å². The van der Waals surface area contributed by atoms with Gasteiger partial charge < -0.3 is 5.73 Å². The van der Waals surface area contributed by atoms with E-state index in [1.165, 1.54) is 39.4 Å². The maximum atomic E-state index is 10.8. The van der Waals surface area contributed by atoms with Crippen molar-refractivity contribution in [2.75, 3.05) is 5.75 Å². The van der Waals surface area contributed by atoms with E-state index in [9.17, 15) is 4.79 Å². The van der Waals surface area contributed by atoms with E-state index in [0.717, 1.165) is 8.68 Å². The van der Waals surface area contributed by atoms with Gasteiger partial charge in [0.05, 0.1) is 5.75 Å². The van der Waals surface area contributed by atoms with Gasteiger partial charge in [-0.1, -0.05) is 77.3 Å². The molecule has 0 fully saturated rings. The fourth-order valence-corrected chi connectivity index (χ4v) is 5.14. The molecule has 0 aliphatic rings. The molecule has 1 unspecified atom stereocenters. The number of aromatic nitrogens is 2. The van der Waals surface area contributed by atoms with Gasteiger partial charge in [-0.3, -0.25) is 4.79 Å². The number of carbonyl (C=O) groups is 1. The molecule has 2 aromatic carbocycles. The largest absolute Gasteiger partial charge is 0.369 e. The van der Waals surface area contributed by atoms with Crippen LogP contribution in [-0.4, -0.2) is 21.9 Å². The summed E-state index contributed by atoms with van der Waals surface area (Å²) in [6.45, 7) is 2.16. The number of hydrogen-bond donors (Lipinski definition) is 1. The highest BCUT2D eigenvalue weighted by atomic mass is 32.2. The molecule has 23 heavy (non-hydrogen) atoms. The average Bonchev–Trinajstić information content (AvgIpc) is 3.00. The molecule has 1 aromatic heterocycles. The molecule has 1 amide bonds. The Labute approximate surface area is 146 Å². The molecule has 2 N–H and O–H groups in total. The minimum absolute atomic E-state index is 0.236. The minimum Gasteiger partial charge on any atom is -0.369 e. The number of amides is 1. The maximum absolute atomic E-state index is 10.8. The first-order valence-electron chi connectivity index (χ1n) is 7.02. The second-order valence-corrected chi connectivity index (χ2v) is 8.74. The Balaban J connectivity index is 1.70. The zero-order valence-electron chi connectivity index (χ0n) is 12.4. The summed E-state index contributed by atoms with van der Waals surface area (Å²) in [6, 6.07) is 14.9. The van der Waals surface area contributed by atoms with Crippen LogP contribution in [0.15, 0.2) is 51.1 Å². The molecule has 7 heteroatoms. The summed E-state index contributed by atoms with van der Waals surface area (Å²) in [4.78, 5) is 10.8. The number of hydrogen-bond acceptors (Lipinski definition) is 6. The topological polar surface area (TPSA) is 68.9 Å². The monoisotopic (exact) mass is 361 g/mol. The molecule has 118 valence electrons. The van der Waals surface area contributed by atoms with E-state index in [-0.39, 0.29) is 16.9 Å². The molecule has 0 aliphatic carbocycles. The second-order valence-electron chi connectivity index (χ2n) is 4.96. The normalized spacial score (nSPS) is 12.4. The number of nitrogens with two attached hydrogens (primary N) is 1. The number of thioether (sulfide) groups is 2. The van der Waals surface area contributed by atoms with Gasteiger partial charge in [-0.2, -0.15) is 0 Å². The van der Waals surface area contributed by atoms with Gasteiger partial charge in [-0.15, -0.1) is 10.2 Å². The van der Waals surface area contributed by atoms with Crippen molar-refractivity contribution in [3.05, 3.63) is 48.0 Å². The average molecular weight is 362 g/mol. The first-order chi connectivity index (χ1) is 11.1. The van der Waals surface area contributed by atoms with E-state index in [1.54, 1.807) is 11.8 Å². The predicted octanol–water partition coefficient (Wildman–Crippen LogP) is 4.12. The highest BCUT2D eigenvalue weighted by Gasteiger charge is 2.13. The quantitative estimate of drug-likeness (QED) is 0.669. The van der Waals surface area contributed by atoms with Crippen molar-refractivity contribution in [1.82, 2.24) is 10.2 Å². The molecular weight excluding hydrogens is 346 g/mol. The van der Waals surface area contributed by atoms with Crippen LogP contribution < -0.4 is 5.73 Å². The summed E-state index contributed by atoms with van der Waals surface area (Å²) in [7, 11) is 0. The highest BCUT2D eigenvalue weighted by Crippen LogP contribution is 2.38. The Morgan fingerprint density at radius 2 is 1.91 bits per heavy atom. The fourth-order valence-electron chi connectivity index (χ4n) is 2.12. The Hall–Kier alpha value is -1.57. The summed E-state index contributed by atoms with van der Waals surface area (Å²) < 4.78 is 1.68. The zero-order valence-corrected chi connectivity index (χ0v) is 14.9. The van der Waals surface area contributed by atoms with E-state index >= 15 is 0 Å². The molecule has 0 bridgehead atoms. The van der Waals surface area contributed by atoms with Gasteiger partial charge >= 0.3 is 0 Å². The van der Waals surface area contributed by atoms with Crippen LogP contribution >= 0.6 is 34.9 Å². The molecule has 3 aromatic rings. The summed E-state index contributed by atoms with van der Waals surface area (Å²) >= 11 is 4.50. The first kappa shape index (κ1) is 16.3. The van der Waals surface area contributed by atoms with Gasteiger partial charge in [0, 0.05) is 5.25 Å². The lowest BCUT2D eigenvalue weighted by atomic mass is 10.1. The van der Waals surface area contributed by atoms with Gasteiger partial charge in [0.1, 0.15) is 0 Å². The lowest BCUT2D eigenvalue weighted by Crippen LogP contribution is -2.12. The van der Waals surface area contributed by atoms with Crippen molar-refractivity contribution in [2.45, 2.75) is 20.9 Å². The fraction of sp³-hybridized carbons (Fsp3) is 0.188. The number of benzene rings is 2. The van der Waals surface area contributed by atoms with Crippen LogP contribution in [0.2, 0.25) is 0 Å². The molecular formula is C16H15N3OS3. The third-order valence-electron chi connectivity index (χ3n) is 3.25. The summed E-state index contributed by atoms with van der Waals surface area (Å²) in [5.74, 6) is -0.108. The summed E-state index contributed by atoms with van der Waals surface area (Å²) in [5, 5.41) is 11.0. The Morgan fingerprint density at radius 3 is 2.70 bits per heavy atom. The van der Waals surface area contributed by atoms with Crippen molar-refractivity contribution >= 4 is 51.5 Å². The molecule has 0 spiro atoms. The third-order valence-corrected chi connectivity index (χ3v) is 6.57. The van der Waals surface area contributed by atoms with E-state index in [0.29, 0.717) is 0 Å². The van der Waals surface area contributed by atoms with Crippen LogP contribution in [0.3, 0.4) is 0 Å². The van der Waals surface area contributed by atoms with Crippen LogP contribution in [0.5, 0.6) is 0 Å². The third kappa shape index (κ3) is 4.25. The van der Waals surface area contributed by atoms with Gasteiger partial charge in [0.2, 0.25) is 5.91 Å². The smallest absolute Gasteiger partial charge is 0.227 e. The standard InChI is InChI=1S/C16H15N3OS3/c1-10(12-7-6-11-4-2-3-5-13(11)8-12)22-16-19-18-15(23-16)21-9-14(17)20/h2-8,10H,9H2,1H3,(H2,17,20). The van der Waals surface area contributed by atoms with Gasteiger partial charge in [-0.25, -0.2) is 0 Å². The predicted molar refractivity (Wildman–Crippen MR) is 98.0 cm³/mol. The summed E-state index contributed by atoms with van der Waals surface area (Å²) in [5.41, 5.74) is 6.40. The molecule has 0 saturated carbocycles. The highest BCUT2D eigenvalue weighted by molar-refractivity contribution is 8.03. The van der Waals surface area contributed by atoms with Crippen LogP contribution in [0, 0.1) is 0 Å². The molecule has 4 nitrogen and oxygen atoms in total. The minimum atomic E-state index is -0.344. The van der Waals surface area contributed by atoms with Crippen molar-refractivity contribution in [3.8, 4) is 0 Å². The van der Waals surface area contributed by atoms with Crippen molar-refractivity contribution in [2.24, 2.45) is 5.73 Å². The van der Waals surface area contributed by atoms with Crippen molar-refractivity contribution in [1.29, 1.82) is 0 Å². The van der Waals surface area contributed by atoms with E-state index in [2.05, 4.69) is 53.5 Å². The van der Waals surface area contributed by atoms with Crippen molar-refractivity contribution < 1.29 is 4.79 Å². The maximum Gasteiger partial charge on any atom is 0.227 e. The Kier molecular flexibility index (Phi) is 5.20. The molecule has 1 atom stereocenters. The van der Waals surface area contributed by atoms with Crippen molar-refractivity contribution in [3.63, 3.8) is 0 Å². The number of nitrogens with zero attached hydrogens (tertiary/aromatic N) is 2. The van der Waals surface area contributed by atoms with E-state index in [4.69, 9.17) is 5.73 Å². The second kappa shape index (κ2) is 7.33. The van der Waals surface area contributed by atoms with Gasteiger partial charge in [0.25, 0.3) is 0 Å². The van der Waals surface area contributed by atoms with E-state index < -0.39 is 0 Å². The lowest BCUT2D eigenvalue weighted by molar-refractivity contribution is -0.115. The number of primary amides is 1. The number of rotatable bonds is 6. The lowest BCUT2D eigenvalue weighted by Gasteiger charge is -2.10. The van der Waals surface area contributed by atoms with Crippen LogP contribution in [0.25, 0.3) is 10.8 Å². The molecule has 0 saturated heterocycles. The first-order valence-corrected chi connectivity index (χ1v) is 9.70. The zero-order chi connectivity index (χ0) is 16.2. The SMILES string of the molecule is CC(Sc1nnc(SCC(N)=O)s1)c1ccc2ccccc2c1. The summed E-state index contributed by atoms with van der Waals surface area (Å²) in [6.07, 6.45) is 0. The molecule has 1 heterocycles. The van der Waals surface area contributed by atoms with Crippen LogP contribution in [-0.2, 0) is 4.79 Å².